The zero-order valence-corrected chi connectivity index (χ0v) is 14.3. The lowest BCUT2D eigenvalue weighted by atomic mass is 10.2. The first-order chi connectivity index (χ1) is 12.1. The average Bonchev–Trinajstić information content (AvgIpc) is 2.62. The second-order valence-electron chi connectivity index (χ2n) is 5.43. The number of hydrogen-bond donors (Lipinski definition) is 2. The minimum absolute atomic E-state index is 0.0786. The van der Waals surface area contributed by atoms with Crippen LogP contribution < -0.4 is 5.32 Å². The Labute approximate surface area is 145 Å². The second-order valence-corrected chi connectivity index (χ2v) is 7.73. The van der Waals surface area contributed by atoms with Crippen molar-refractivity contribution < 1.29 is 13.5 Å². The molecule has 3 aromatic rings. The van der Waals surface area contributed by atoms with Crippen LogP contribution in [0.25, 0.3) is 22.4 Å². The lowest BCUT2D eigenvalue weighted by molar-refractivity contribution is 0.319. The van der Waals surface area contributed by atoms with E-state index in [0.717, 1.165) is 10.9 Å². The van der Waals surface area contributed by atoms with Crippen molar-refractivity contribution in [3.63, 3.8) is 0 Å². The highest BCUT2D eigenvalue weighted by Crippen LogP contribution is 2.23. The third-order valence-electron chi connectivity index (χ3n) is 3.61. The molecule has 7 nitrogen and oxygen atoms in total. The highest BCUT2D eigenvalue weighted by molar-refractivity contribution is 7.91. The maximum atomic E-state index is 11.7. The number of hydrogen-bond acceptors (Lipinski definition) is 7. The van der Waals surface area contributed by atoms with Gasteiger partial charge in [0.2, 0.25) is 0 Å². The normalized spacial score (nSPS) is 11.6. The summed E-state index contributed by atoms with van der Waals surface area (Å²) in [6.07, 6.45) is 1.67. The Bertz CT molecular complexity index is 962. The largest absolute Gasteiger partial charge is 0.395 e. The van der Waals surface area contributed by atoms with E-state index in [-0.39, 0.29) is 24.7 Å². The zero-order valence-electron chi connectivity index (χ0n) is 13.5. The minimum Gasteiger partial charge on any atom is -0.395 e. The van der Waals surface area contributed by atoms with Gasteiger partial charge in [-0.3, -0.25) is 4.98 Å². The standard InChI is InChI=1S/C17H18N4O3S/c22-10-12-25(23,24)11-9-19-16-13-5-1-2-6-14(13)20-17(21-16)15-7-3-4-8-18-15/h1-8,22H,9-12H2,(H,19,20,21). The van der Waals surface area contributed by atoms with Crippen LogP contribution in [0.2, 0.25) is 0 Å². The fraction of sp³-hybridized carbons (Fsp3) is 0.235. The first-order valence-corrected chi connectivity index (χ1v) is 9.64. The van der Waals surface area contributed by atoms with Crippen molar-refractivity contribution >= 4 is 26.6 Å². The molecule has 0 saturated heterocycles. The van der Waals surface area contributed by atoms with Gasteiger partial charge in [0.25, 0.3) is 0 Å². The van der Waals surface area contributed by atoms with Gasteiger partial charge in [-0.25, -0.2) is 18.4 Å². The number of benzene rings is 1. The number of aliphatic hydroxyl groups excluding tert-OH is 1. The van der Waals surface area contributed by atoms with Crippen LogP contribution in [0, 0.1) is 0 Å². The first kappa shape index (κ1) is 17.2. The summed E-state index contributed by atoms with van der Waals surface area (Å²) in [5.41, 5.74) is 1.39. The van der Waals surface area contributed by atoms with Gasteiger partial charge in [-0.05, 0) is 24.3 Å². The predicted molar refractivity (Wildman–Crippen MR) is 97.0 cm³/mol. The van der Waals surface area contributed by atoms with Crippen LogP contribution in [0.1, 0.15) is 0 Å². The molecule has 0 amide bonds. The van der Waals surface area contributed by atoms with E-state index in [1.54, 1.807) is 6.20 Å². The summed E-state index contributed by atoms with van der Waals surface area (Å²) < 4.78 is 23.5. The number of pyridine rings is 1. The molecule has 0 aliphatic carbocycles. The number of aromatic nitrogens is 3. The molecule has 2 heterocycles. The molecule has 3 rings (SSSR count). The summed E-state index contributed by atoms with van der Waals surface area (Å²) in [5, 5.41) is 12.7. The molecule has 0 unspecified atom stereocenters. The van der Waals surface area contributed by atoms with Crippen LogP contribution in [-0.4, -0.2) is 53.1 Å². The van der Waals surface area contributed by atoms with Crippen LogP contribution in [0.15, 0.2) is 48.7 Å². The van der Waals surface area contributed by atoms with Crippen LogP contribution in [0.3, 0.4) is 0 Å². The number of aliphatic hydroxyl groups is 1. The molecule has 0 aliphatic rings. The molecular formula is C17H18N4O3S. The number of nitrogens with zero attached hydrogens (tertiary/aromatic N) is 3. The van der Waals surface area contributed by atoms with E-state index in [2.05, 4.69) is 20.3 Å². The molecule has 0 fully saturated rings. The van der Waals surface area contributed by atoms with Gasteiger partial charge < -0.3 is 10.4 Å². The van der Waals surface area contributed by atoms with Crippen molar-refractivity contribution in [3.05, 3.63) is 48.7 Å². The van der Waals surface area contributed by atoms with Crippen LogP contribution >= 0.6 is 0 Å². The molecule has 0 spiro atoms. The molecule has 130 valence electrons. The van der Waals surface area contributed by atoms with E-state index in [9.17, 15) is 8.42 Å². The Balaban J connectivity index is 1.91. The van der Waals surface area contributed by atoms with Gasteiger partial charge >= 0.3 is 0 Å². The quantitative estimate of drug-likeness (QED) is 0.659. The fourth-order valence-corrected chi connectivity index (χ4v) is 3.28. The molecular weight excluding hydrogens is 340 g/mol. The maximum Gasteiger partial charge on any atom is 0.180 e. The van der Waals surface area contributed by atoms with E-state index < -0.39 is 9.84 Å². The van der Waals surface area contributed by atoms with Gasteiger partial charge in [0.15, 0.2) is 15.7 Å². The van der Waals surface area contributed by atoms with Crippen molar-refractivity contribution in [3.8, 4) is 11.5 Å². The zero-order chi connectivity index (χ0) is 17.7. The third kappa shape index (κ3) is 4.28. The summed E-state index contributed by atoms with van der Waals surface area (Å²) in [6.45, 7) is -0.173. The summed E-state index contributed by atoms with van der Waals surface area (Å²) >= 11 is 0. The Morgan fingerprint density at radius 1 is 1.00 bits per heavy atom. The maximum absolute atomic E-state index is 11.7. The Hall–Kier alpha value is -2.58. The topological polar surface area (TPSA) is 105 Å². The summed E-state index contributed by atoms with van der Waals surface area (Å²) in [7, 11) is -3.29. The van der Waals surface area contributed by atoms with Crippen LogP contribution in [0.5, 0.6) is 0 Å². The predicted octanol–water partition coefficient (Wildman–Crippen LogP) is 1.51. The van der Waals surface area contributed by atoms with Crippen molar-refractivity contribution in [2.24, 2.45) is 0 Å². The molecule has 0 saturated carbocycles. The fourth-order valence-electron chi connectivity index (χ4n) is 2.39. The number of anilines is 1. The molecule has 2 N–H and O–H groups in total. The van der Waals surface area contributed by atoms with Gasteiger partial charge in [-0.15, -0.1) is 0 Å². The summed E-state index contributed by atoms with van der Waals surface area (Å²) in [4.78, 5) is 13.3. The monoisotopic (exact) mass is 358 g/mol. The summed E-state index contributed by atoms with van der Waals surface area (Å²) in [6, 6.07) is 13.0. The molecule has 0 bridgehead atoms. The van der Waals surface area contributed by atoms with E-state index in [0.29, 0.717) is 17.3 Å². The molecule has 0 atom stereocenters. The Morgan fingerprint density at radius 2 is 1.80 bits per heavy atom. The Kier molecular flexibility index (Phi) is 5.20. The Morgan fingerprint density at radius 3 is 2.56 bits per heavy atom. The first-order valence-electron chi connectivity index (χ1n) is 7.82. The molecule has 0 radical (unpaired) electrons. The highest BCUT2D eigenvalue weighted by Gasteiger charge is 2.12. The van der Waals surface area contributed by atoms with Crippen LogP contribution in [-0.2, 0) is 9.84 Å². The van der Waals surface area contributed by atoms with E-state index >= 15 is 0 Å². The molecule has 25 heavy (non-hydrogen) atoms. The number of nitrogens with one attached hydrogen (secondary N) is 1. The smallest absolute Gasteiger partial charge is 0.180 e. The van der Waals surface area contributed by atoms with E-state index in [1.165, 1.54) is 0 Å². The second kappa shape index (κ2) is 7.54. The average molecular weight is 358 g/mol. The van der Waals surface area contributed by atoms with Gasteiger partial charge in [0.1, 0.15) is 11.5 Å². The molecule has 1 aromatic carbocycles. The molecule has 8 heteroatoms. The van der Waals surface area contributed by atoms with E-state index in [1.807, 2.05) is 42.5 Å². The minimum atomic E-state index is -3.29. The lowest BCUT2D eigenvalue weighted by Crippen LogP contribution is -2.20. The lowest BCUT2D eigenvalue weighted by Gasteiger charge is -2.11. The van der Waals surface area contributed by atoms with Gasteiger partial charge in [0, 0.05) is 18.1 Å². The van der Waals surface area contributed by atoms with Crippen molar-refractivity contribution in [1.82, 2.24) is 15.0 Å². The van der Waals surface area contributed by atoms with Gasteiger partial charge in [-0.1, -0.05) is 18.2 Å². The highest BCUT2D eigenvalue weighted by atomic mass is 32.2. The van der Waals surface area contributed by atoms with Crippen LogP contribution in [0.4, 0.5) is 5.82 Å². The van der Waals surface area contributed by atoms with E-state index in [4.69, 9.17) is 5.11 Å². The number of sulfone groups is 1. The number of fused-ring (bicyclic) bond motifs is 1. The van der Waals surface area contributed by atoms with Crippen molar-refractivity contribution in [2.45, 2.75) is 0 Å². The number of rotatable bonds is 7. The summed E-state index contributed by atoms with van der Waals surface area (Å²) in [5.74, 6) is 0.717. The third-order valence-corrected chi connectivity index (χ3v) is 5.24. The van der Waals surface area contributed by atoms with Gasteiger partial charge in [0.05, 0.1) is 23.6 Å². The molecule has 0 aliphatic heterocycles. The van der Waals surface area contributed by atoms with Crippen molar-refractivity contribution in [1.29, 1.82) is 0 Å². The van der Waals surface area contributed by atoms with Crippen molar-refractivity contribution in [2.75, 3.05) is 30.0 Å². The molecule has 2 aromatic heterocycles. The van der Waals surface area contributed by atoms with Gasteiger partial charge in [-0.2, -0.15) is 0 Å². The SMILES string of the molecule is O=S(=O)(CCO)CCNc1nc(-c2ccccn2)nc2ccccc12. The number of para-hydroxylation sites is 1.